The lowest BCUT2D eigenvalue weighted by atomic mass is 10.1. The van der Waals surface area contributed by atoms with Crippen LogP contribution in [0.1, 0.15) is 44.0 Å². The third-order valence-corrected chi connectivity index (χ3v) is 4.37. The second-order valence-corrected chi connectivity index (χ2v) is 5.65. The summed E-state index contributed by atoms with van der Waals surface area (Å²) in [5.41, 5.74) is 0. The summed E-state index contributed by atoms with van der Waals surface area (Å²) in [6.07, 6.45) is 2.27. The normalized spacial score (nSPS) is 21.4. The van der Waals surface area contributed by atoms with Crippen LogP contribution >= 0.6 is 11.3 Å². The van der Waals surface area contributed by atoms with E-state index in [1.165, 1.54) is 11.3 Å². The molecule has 1 amide bonds. The van der Waals surface area contributed by atoms with E-state index in [2.05, 4.69) is 29.4 Å². The monoisotopic (exact) mass is 284 g/mol. The Morgan fingerprint density at radius 3 is 2.74 bits per heavy atom. The molecule has 2 atom stereocenters. The van der Waals surface area contributed by atoms with Crippen molar-refractivity contribution in [1.82, 2.24) is 10.2 Å². The first-order chi connectivity index (χ1) is 9.06. The lowest BCUT2D eigenvalue weighted by Gasteiger charge is -2.05. The smallest absolute Gasteiger partial charge is 0.236 e. The van der Waals surface area contributed by atoms with Crippen LogP contribution < -0.4 is 5.32 Å². The second-order valence-electron chi connectivity index (χ2n) is 4.64. The van der Waals surface area contributed by atoms with Crippen LogP contribution in [0, 0.1) is 16.0 Å². The van der Waals surface area contributed by atoms with Crippen LogP contribution in [0.2, 0.25) is 0 Å². The summed E-state index contributed by atoms with van der Waals surface area (Å²) in [4.78, 5) is 21.8. The molecule has 0 spiro atoms. The molecule has 0 radical (unpaired) electrons. The lowest BCUT2D eigenvalue weighted by molar-refractivity contribution is -0.497. The molecule has 1 N–H and O–H groups in total. The fraction of sp³-hybridized carbons (Fsp3) is 0.727. The first-order valence-electron chi connectivity index (χ1n) is 6.34. The predicted molar refractivity (Wildman–Crippen MR) is 70.8 cm³/mol. The standard InChI is InChI=1S/C11H16N4O3S/c1-3-6(4-2)10-13-14-11(19-10)12-9(16)7-5-8(7)15(17)18/h6-8H,3-5H2,1-2H3,(H,12,14,16)/t7-,8-/m0/s1. The van der Waals surface area contributed by atoms with Crippen molar-refractivity contribution < 1.29 is 9.72 Å². The van der Waals surface area contributed by atoms with E-state index < -0.39 is 16.9 Å². The highest BCUT2D eigenvalue weighted by Gasteiger charge is 2.53. The Bertz CT molecular complexity index is 486. The van der Waals surface area contributed by atoms with Gasteiger partial charge < -0.3 is 5.32 Å². The number of nitrogens with zero attached hydrogens (tertiary/aromatic N) is 3. The molecule has 1 fully saturated rings. The van der Waals surface area contributed by atoms with E-state index in [-0.39, 0.29) is 5.91 Å². The van der Waals surface area contributed by atoms with E-state index in [0.717, 1.165) is 17.8 Å². The van der Waals surface area contributed by atoms with Gasteiger partial charge in [0.2, 0.25) is 17.1 Å². The summed E-state index contributed by atoms with van der Waals surface area (Å²) in [5, 5.41) is 22.4. The van der Waals surface area contributed by atoms with Crippen LogP contribution in [0.25, 0.3) is 0 Å². The molecular weight excluding hydrogens is 268 g/mol. The van der Waals surface area contributed by atoms with Gasteiger partial charge in [-0.3, -0.25) is 14.9 Å². The van der Waals surface area contributed by atoms with Crippen molar-refractivity contribution in [2.75, 3.05) is 5.32 Å². The summed E-state index contributed by atoms with van der Waals surface area (Å²) in [7, 11) is 0. The fourth-order valence-corrected chi connectivity index (χ4v) is 3.00. The van der Waals surface area contributed by atoms with Gasteiger partial charge in [-0.15, -0.1) is 10.2 Å². The molecule has 0 saturated heterocycles. The number of nitro groups is 1. The molecule has 104 valence electrons. The zero-order chi connectivity index (χ0) is 14.0. The van der Waals surface area contributed by atoms with Crippen molar-refractivity contribution >= 4 is 22.4 Å². The number of aromatic nitrogens is 2. The van der Waals surface area contributed by atoms with Crippen LogP contribution in [-0.4, -0.2) is 27.1 Å². The number of amides is 1. The van der Waals surface area contributed by atoms with Crippen molar-refractivity contribution in [3.05, 3.63) is 15.1 Å². The van der Waals surface area contributed by atoms with Gasteiger partial charge in [0.1, 0.15) is 10.9 Å². The number of rotatable bonds is 6. The van der Waals surface area contributed by atoms with Crippen molar-refractivity contribution in [2.45, 2.75) is 45.1 Å². The van der Waals surface area contributed by atoms with E-state index in [1.54, 1.807) is 0 Å². The van der Waals surface area contributed by atoms with E-state index in [9.17, 15) is 14.9 Å². The maximum Gasteiger partial charge on any atom is 0.236 e. The number of hydrogen-bond donors (Lipinski definition) is 1. The third-order valence-electron chi connectivity index (χ3n) is 3.37. The first kappa shape index (κ1) is 13.9. The van der Waals surface area contributed by atoms with Crippen LogP contribution in [0.3, 0.4) is 0 Å². The molecule has 1 aromatic rings. The predicted octanol–water partition coefficient (Wildman–Crippen LogP) is 2.05. The Morgan fingerprint density at radius 2 is 2.21 bits per heavy atom. The van der Waals surface area contributed by atoms with Crippen LogP contribution in [0.15, 0.2) is 0 Å². The number of carbonyl (C=O) groups excluding carboxylic acids is 1. The highest BCUT2D eigenvalue weighted by molar-refractivity contribution is 7.15. The Hall–Kier alpha value is -1.57. The molecule has 7 nitrogen and oxygen atoms in total. The van der Waals surface area contributed by atoms with Crippen LogP contribution in [-0.2, 0) is 4.79 Å². The summed E-state index contributed by atoms with van der Waals surface area (Å²) in [6.45, 7) is 4.17. The van der Waals surface area contributed by atoms with Gasteiger partial charge in [-0.1, -0.05) is 25.2 Å². The molecule has 1 aliphatic carbocycles. The van der Waals surface area contributed by atoms with Gasteiger partial charge in [-0.25, -0.2) is 0 Å². The fourth-order valence-electron chi connectivity index (χ4n) is 1.98. The van der Waals surface area contributed by atoms with Crippen molar-refractivity contribution in [1.29, 1.82) is 0 Å². The number of nitrogens with one attached hydrogen (secondary N) is 1. The number of hydrogen-bond acceptors (Lipinski definition) is 6. The summed E-state index contributed by atoms with van der Waals surface area (Å²) >= 11 is 1.35. The molecule has 0 aromatic carbocycles. The van der Waals surface area contributed by atoms with E-state index in [4.69, 9.17) is 0 Å². The minimum absolute atomic E-state index is 0.317. The molecule has 0 aliphatic heterocycles. The highest BCUT2D eigenvalue weighted by atomic mass is 32.1. The van der Waals surface area contributed by atoms with Crippen molar-refractivity contribution in [3.63, 3.8) is 0 Å². The van der Waals surface area contributed by atoms with E-state index in [0.29, 0.717) is 17.5 Å². The quantitative estimate of drug-likeness (QED) is 0.636. The second kappa shape index (κ2) is 5.60. The molecule has 8 heteroatoms. The molecular formula is C11H16N4O3S. The topological polar surface area (TPSA) is 98.0 Å². The zero-order valence-electron chi connectivity index (χ0n) is 10.8. The van der Waals surface area contributed by atoms with Crippen LogP contribution in [0.4, 0.5) is 5.13 Å². The van der Waals surface area contributed by atoms with Gasteiger partial charge in [0.15, 0.2) is 0 Å². The van der Waals surface area contributed by atoms with E-state index >= 15 is 0 Å². The Morgan fingerprint density at radius 1 is 1.53 bits per heavy atom. The average molecular weight is 284 g/mol. The van der Waals surface area contributed by atoms with Gasteiger partial charge in [-0.2, -0.15) is 0 Å². The Kier molecular flexibility index (Phi) is 4.08. The van der Waals surface area contributed by atoms with Gasteiger partial charge in [0.05, 0.1) is 0 Å². The Labute approximate surface area is 114 Å². The maximum absolute atomic E-state index is 11.7. The molecule has 2 rings (SSSR count). The molecule has 1 heterocycles. The SMILES string of the molecule is CCC(CC)c1nnc(NC(=O)[C@H]2C[C@@H]2[N+](=O)[O-])s1. The van der Waals surface area contributed by atoms with Crippen molar-refractivity contribution in [3.8, 4) is 0 Å². The summed E-state index contributed by atoms with van der Waals surface area (Å²) < 4.78 is 0. The molecule has 1 aliphatic rings. The first-order valence-corrected chi connectivity index (χ1v) is 7.16. The summed E-state index contributed by atoms with van der Waals surface area (Å²) in [6, 6.07) is -0.730. The zero-order valence-corrected chi connectivity index (χ0v) is 11.6. The minimum atomic E-state index is -0.730. The molecule has 1 aromatic heterocycles. The van der Waals surface area contributed by atoms with Gasteiger partial charge in [-0.05, 0) is 12.8 Å². The van der Waals surface area contributed by atoms with Gasteiger partial charge in [0, 0.05) is 17.3 Å². The van der Waals surface area contributed by atoms with Gasteiger partial charge in [0.25, 0.3) is 0 Å². The highest BCUT2D eigenvalue weighted by Crippen LogP contribution is 2.35. The van der Waals surface area contributed by atoms with Crippen LogP contribution in [0.5, 0.6) is 0 Å². The largest absolute Gasteiger partial charge is 0.300 e. The number of anilines is 1. The van der Waals surface area contributed by atoms with E-state index in [1.807, 2.05) is 0 Å². The average Bonchev–Trinajstić information content (AvgIpc) is 3.07. The molecule has 0 bridgehead atoms. The molecule has 19 heavy (non-hydrogen) atoms. The molecule has 1 saturated carbocycles. The van der Waals surface area contributed by atoms with Crippen molar-refractivity contribution in [2.24, 2.45) is 5.92 Å². The maximum atomic E-state index is 11.7. The Balaban J connectivity index is 1.93. The van der Waals surface area contributed by atoms with Gasteiger partial charge >= 0.3 is 0 Å². The lowest BCUT2D eigenvalue weighted by Crippen LogP contribution is -2.18. The number of carbonyl (C=O) groups is 1. The minimum Gasteiger partial charge on any atom is -0.300 e. The molecule has 0 unspecified atom stereocenters. The summed E-state index contributed by atoms with van der Waals surface area (Å²) in [5.74, 6) is -0.486. The third kappa shape index (κ3) is 3.06.